The molecule has 0 saturated heterocycles. The minimum atomic E-state index is -2.56. The van der Waals surface area contributed by atoms with E-state index in [1.807, 2.05) is 13.4 Å². The molecule has 0 aromatic carbocycles. The number of carbonyl (C=O) groups excluding carboxylic acids is 1. The van der Waals surface area contributed by atoms with Crippen molar-refractivity contribution in [2.45, 2.75) is 26.5 Å². The van der Waals surface area contributed by atoms with E-state index in [-0.39, 0.29) is 0 Å². The summed E-state index contributed by atoms with van der Waals surface area (Å²) in [6, 6.07) is 0. The Morgan fingerprint density at radius 2 is 1.90 bits per heavy atom. The Balaban J connectivity index is 3.81. The summed E-state index contributed by atoms with van der Waals surface area (Å²) in [5.41, 5.74) is 0. The Labute approximate surface area is 66.7 Å². The molecule has 0 aliphatic carbocycles. The molecule has 0 fully saturated rings. The van der Waals surface area contributed by atoms with Crippen LogP contribution in [0.2, 0.25) is 13.4 Å². The molecule has 0 aliphatic heterocycles. The van der Waals surface area contributed by atoms with Crippen molar-refractivity contribution >= 4 is 27.6 Å². The van der Waals surface area contributed by atoms with Crippen molar-refractivity contribution in [3.05, 3.63) is 0 Å². The van der Waals surface area contributed by atoms with Gasteiger partial charge in [0.1, 0.15) is 0 Å². The molecule has 60 valence electrons. The van der Waals surface area contributed by atoms with Crippen molar-refractivity contribution in [3.8, 4) is 0 Å². The second-order valence-electron chi connectivity index (χ2n) is 3.21. The molecule has 0 spiro atoms. The predicted octanol–water partition coefficient (Wildman–Crippen LogP) is 0.745. The molecule has 0 amide bonds. The third-order valence-electron chi connectivity index (χ3n) is 0.748. The summed E-state index contributed by atoms with van der Waals surface area (Å²) in [4.78, 5) is 10.7. The average Bonchev–Trinajstić information content (AvgIpc) is 1.60. The van der Waals surface area contributed by atoms with Crippen molar-refractivity contribution in [1.82, 2.24) is 0 Å². The summed E-state index contributed by atoms with van der Waals surface area (Å²) in [6.45, 7) is 1.42. The van der Waals surface area contributed by atoms with Gasteiger partial charge < -0.3 is 0 Å². The first kappa shape index (κ1) is 10.4. The molecule has 0 heterocycles. The second-order valence-corrected chi connectivity index (χ2v) is 20.4. The van der Waals surface area contributed by atoms with Crippen molar-refractivity contribution < 1.29 is 12.6 Å². The number of rotatable bonds is 2. The fraction of sp³-hybridized carbons (Fsp3) is 0.833. The molecule has 0 aromatic heterocycles. The topological polar surface area (TPSA) is 46.5 Å². The zero-order valence-corrected chi connectivity index (χ0v) is 10.7. The van der Waals surface area contributed by atoms with E-state index in [0.717, 1.165) is 0 Å². The molecule has 1 unspecified atom stereocenters. The SMILES string of the molecule is CC(O)C(=O)[O][Pb]([CH3])([CH3])[CH3]. The maximum atomic E-state index is 10.7. The van der Waals surface area contributed by atoms with E-state index in [4.69, 9.17) is 7.79 Å². The number of aliphatic hydroxyl groups excluding tert-OH is 1. The van der Waals surface area contributed by atoms with Crippen LogP contribution in [0.5, 0.6) is 0 Å². The van der Waals surface area contributed by atoms with Gasteiger partial charge in [-0.15, -0.1) is 0 Å². The quantitative estimate of drug-likeness (QED) is 0.754. The van der Waals surface area contributed by atoms with E-state index in [1.165, 1.54) is 6.92 Å². The first-order chi connectivity index (χ1) is 4.33. The Bertz CT molecular complexity index is 125. The molecule has 0 saturated carbocycles. The van der Waals surface area contributed by atoms with Crippen LogP contribution in [0, 0.1) is 0 Å². The van der Waals surface area contributed by atoms with Crippen LogP contribution < -0.4 is 0 Å². The zero-order valence-electron chi connectivity index (χ0n) is 6.84. The van der Waals surface area contributed by atoms with E-state index < -0.39 is 33.7 Å². The normalized spacial score (nSPS) is 14.5. The van der Waals surface area contributed by atoms with Gasteiger partial charge in [-0.3, -0.25) is 0 Å². The van der Waals surface area contributed by atoms with E-state index in [1.54, 1.807) is 0 Å². The van der Waals surface area contributed by atoms with Gasteiger partial charge in [0.15, 0.2) is 0 Å². The summed E-state index contributed by atoms with van der Waals surface area (Å²) in [6.07, 6.45) is -0.973. The van der Waals surface area contributed by atoms with Crippen LogP contribution in [0.3, 0.4) is 0 Å². The van der Waals surface area contributed by atoms with Gasteiger partial charge >= 0.3 is 66.7 Å². The van der Waals surface area contributed by atoms with Gasteiger partial charge in [0, 0.05) is 0 Å². The van der Waals surface area contributed by atoms with Crippen LogP contribution in [0.15, 0.2) is 0 Å². The van der Waals surface area contributed by atoms with Crippen LogP contribution in [0.1, 0.15) is 6.92 Å². The van der Waals surface area contributed by atoms with Gasteiger partial charge in [-0.2, -0.15) is 0 Å². The molecule has 0 aromatic rings. The van der Waals surface area contributed by atoms with E-state index in [2.05, 4.69) is 0 Å². The average molecular weight is 341 g/mol. The van der Waals surface area contributed by atoms with E-state index in [9.17, 15) is 4.79 Å². The first-order valence-corrected chi connectivity index (χ1v) is 16.5. The molecule has 1 N–H and O–H groups in total. The van der Waals surface area contributed by atoms with Crippen LogP contribution in [-0.4, -0.2) is 38.8 Å². The Morgan fingerprint density at radius 3 is 2.00 bits per heavy atom. The molecule has 4 heteroatoms. The summed E-state index contributed by atoms with van der Waals surface area (Å²) in [5.74, 6) is -0.478. The Hall–Kier alpha value is 0.352. The van der Waals surface area contributed by atoms with Gasteiger partial charge in [0.25, 0.3) is 0 Å². The van der Waals surface area contributed by atoms with Crippen molar-refractivity contribution in [1.29, 1.82) is 0 Å². The molecular weight excluding hydrogens is 327 g/mol. The standard InChI is InChI=1S/C3H6O3.3CH3.Pb/c1-2(4)3(5)6;;;;/h2,4H,1H3,(H,5,6);3*1H3;/q;;;;+1/p-1. The van der Waals surface area contributed by atoms with Gasteiger partial charge in [0.05, 0.1) is 0 Å². The Morgan fingerprint density at radius 1 is 1.50 bits per heavy atom. The number of hydrogen-bond acceptors (Lipinski definition) is 3. The van der Waals surface area contributed by atoms with Crippen molar-refractivity contribution in [2.75, 3.05) is 0 Å². The molecule has 0 radical (unpaired) electrons. The summed E-state index contributed by atoms with van der Waals surface area (Å²) in [5, 5.41) is 8.75. The third kappa shape index (κ3) is 5.16. The third-order valence-corrected chi connectivity index (χ3v) is 3.91. The van der Waals surface area contributed by atoms with E-state index in [0.29, 0.717) is 0 Å². The fourth-order valence-electron chi connectivity index (χ4n) is 0.387. The molecule has 0 bridgehead atoms. The molecule has 0 aliphatic rings. The van der Waals surface area contributed by atoms with E-state index >= 15 is 0 Å². The first-order valence-electron chi connectivity index (χ1n) is 3.24. The van der Waals surface area contributed by atoms with Crippen LogP contribution in [-0.2, 0) is 7.48 Å². The summed E-state index contributed by atoms with van der Waals surface area (Å²) >= 11 is -2.56. The molecule has 3 nitrogen and oxygen atoms in total. The van der Waals surface area contributed by atoms with Gasteiger partial charge in [-0.05, 0) is 0 Å². The maximum absolute atomic E-state index is 10.7. The number of aliphatic hydroxyl groups is 1. The molecule has 10 heavy (non-hydrogen) atoms. The van der Waals surface area contributed by atoms with Crippen LogP contribution in [0.25, 0.3) is 0 Å². The van der Waals surface area contributed by atoms with Crippen molar-refractivity contribution in [2.24, 2.45) is 0 Å². The molecule has 0 rings (SSSR count). The van der Waals surface area contributed by atoms with Gasteiger partial charge in [-0.25, -0.2) is 0 Å². The number of hydrogen-bond donors (Lipinski definition) is 1. The van der Waals surface area contributed by atoms with Crippen LogP contribution in [0.4, 0.5) is 0 Å². The molecular formula is C6H14O3Pb. The van der Waals surface area contributed by atoms with Gasteiger partial charge in [-0.1, -0.05) is 0 Å². The number of carbonyl (C=O) groups is 1. The zero-order chi connectivity index (χ0) is 8.36. The molecule has 1 atom stereocenters. The monoisotopic (exact) mass is 342 g/mol. The summed E-state index contributed by atoms with van der Waals surface area (Å²) in [7, 11) is 0. The Kier molecular flexibility index (Phi) is 3.79. The van der Waals surface area contributed by atoms with Crippen LogP contribution >= 0.6 is 0 Å². The van der Waals surface area contributed by atoms with Gasteiger partial charge in [0.2, 0.25) is 0 Å². The summed E-state index contributed by atoms with van der Waals surface area (Å²) < 4.78 is 11.0. The van der Waals surface area contributed by atoms with Crippen molar-refractivity contribution in [3.63, 3.8) is 0 Å². The minimum absolute atomic E-state index is 0.478. The second kappa shape index (κ2) is 3.66. The predicted molar refractivity (Wildman–Crippen MR) is 41.1 cm³/mol. The fourth-order valence-corrected chi connectivity index (χ4v) is 3.40.